The largest absolute Gasteiger partial charge is 0.399 e. The van der Waals surface area contributed by atoms with Gasteiger partial charge in [0.2, 0.25) is 5.41 Å². The van der Waals surface area contributed by atoms with Crippen molar-refractivity contribution in [2.45, 2.75) is 25.8 Å². The first-order chi connectivity index (χ1) is 12.9. The van der Waals surface area contributed by atoms with Crippen LogP contribution in [0.4, 0.5) is 0 Å². The molecule has 0 amide bonds. The van der Waals surface area contributed by atoms with Crippen LogP contribution in [0.25, 0.3) is 0 Å². The van der Waals surface area contributed by atoms with Crippen LogP contribution in [0, 0.1) is 45.3 Å². The summed E-state index contributed by atoms with van der Waals surface area (Å²) in [6.07, 6.45) is 1.95. The Morgan fingerprint density at radius 1 is 1.19 bits per heavy atom. The fourth-order valence-corrected chi connectivity index (χ4v) is 4.26. The lowest BCUT2D eigenvalue weighted by Gasteiger charge is -2.46. The standard InChI is InChI=1S/C21H20ClN5/c1-13(2)27-8-7-18-17(10-27)19(14-3-5-15(22)6-4-14)16(9-23)20(26)21(18,11-24)12-25/h3-7,13,17,19H,8,10,26H2,1-2H3/t17-,19-/m1/s1. The third kappa shape index (κ3) is 2.88. The number of allylic oxidation sites excluding steroid dienone is 2. The molecule has 2 aliphatic rings. The van der Waals surface area contributed by atoms with Gasteiger partial charge in [0, 0.05) is 36.0 Å². The highest BCUT2D eigenvalue weighted by Gasteiger charge is 2.52. The summed E-state index contributed by atoms with van der Waals surface area (Å²) in [5, 5.41) is 30.2. The highest BCUT2D eigenvalue weighted by Crippen LogP contribution is 2.52. The van der Waals surface area contributed by atoms with Crippen molar-refractivity contribution >= 4 is 11.6 Å². The zero-order valence-corrected chi connectivity index (χ0v) is 16.0. The van der Waals surface area contributed by atoms with Gasteiger partial charge in [0.1, 0.15) is 0 Å². The Kier molecular flexibility index (Phi) is 4.99. The predicted molar refractivity (Wildman–Crippen MR) is 103 cm³/mol. The Labute approximate surface area is 164 Å². The molecule has 0 bridgehead atoms. The summed E-state index contributed by atoms with van der Waals surface area (Å²) in [5.74, 6) is -0.488. The van der Waals surface area contributed by atoms with Gasteiger partial charge >= 0.3 is 0 Å². The van der Waals surface area contributed by atoms with Gasteiger partial charge in [-0.25, -0.2) is 0 Å². The maximum atomic E-state index is 9.87. The van der Waals surface area contributed by atoms with Crippen molar-refractivity contribution in [1.29, 1.82) is 15.8 Å². The number of hydrogen-bond donors (Lipinski definition) is 1. The molecular weight excluding hydrogens is 358 g/mol. The fourth-order valence-electron chi connectivity index (χ4n) is 4.13. The first kappa shape index (κ1) is 19.0. The van der Waals surface area contributed by atoms with Crippen LogP contribution in [0.3, 0.4) is 0 Å². The summed E-state index contributed by atoms with van der Waals surface area (Å²) in [4.78, 5) is 2.27. The van der Waals surface area contributed by atoms with E-state index in [1.54, 1.807) is 12.1 Å². The summed E-state index contributed by atoms with van der Waals surface area (Å²) in [7, 11) is 0. The molecule has 2 atom stereocenters. The Morgan fingerprint density at radius 3 is 2.33 bits per heavy atom. The molecule has 0 saturated heterocycles. The van der Waals surface area contributed by atoms with Crippen LogP contribution in [-0.4, -0.2) is 24.0 Å². The van der Waals surface area contributed by atoms with Crippen LogP contribution < -0.4 is 5.73 Å². The van der Waals surface area contributed by atoms with Gasteiger partial charge in [-0.3, -0.25) is 4.90 Å². The zero-order valence-electron chi connectivity index (χ0n) is 15.3. The van der Waals surface area contributed by atoms with E-state index >= 15 is 0 Å². The molecule has 0 fully saturated rings. The highest BCUT2D eigenvalue weighted by molar-refractivity contribution is 6.30. The minimum atomic E-state index is -1.58. The molecule has 0 unspecified atom stereocenters. The van der Waals surface area contributed by atoms with E-state index in [0.717, 1.165) is 5.56 Å². The summed E-state index contributed by atoms with van der Waals surface area (Å²) >= 11 is 6.03. The van der Waals surface area contributed by atoms with E-state index in [9.17, 15) is 15.8 Å². The minimum Gasteiger partial charge on any atom is -0.399 e. The Hall–Kier alpha value is -2.78. The van der Waals surface area contributed by atoms with Gasteiger partial charge in [0.05, 0.1) is 29.5 Å². The second-order valence-electron chi connectivity index (χ2n) is 7.26. The minimum absolute atomic E-state index is 0.0513. The van der Waals surface area contributed by atoms with E-state index in [0.29, 0.717) is 35.3 Å². The van der Waals surface area contributed by atoms with Crippen LogP contribution >= 0.6 is 11.6 Å². The lowest BCUT2D eigenvalue weighted by molar-refractivity contribution is 0.186. The van der Waals surface area contributed by atoms with E-state index in [2.05, 4.69) is 37.0 Å². The number of halogens is 1. The number of hydrogen-bond acceptors (Lipinski definition) is 5. The lowest BCUT2D eigenvalue weighted by atomic mass is 9.60. The zero-order chi connectivity index (χ0) is 19.8. The molecular formula is C21H20ClN5. The van der Waals surface area contributed by atoms with Crippen molar-refractivity contribution in [2.75, 3.05) is 13.1 Å². The Morgan fingerprint density at radius 2 is 1.81 bits per heavy atom. The van der Waals surface area contributed by atoms with Crippen molar-refractivity contribution < 1.29 is 0 Å². The molecule has 5 nitrogen and oxygen atoms in total. The Balaban J connectivity index is 2.27. The molecule has 6 heteroatoms. The van der Waals surface area contributed by atoms with Crippen molar-refractivity contribution in [1.82, 2.24) is 4.90 Å². The number of fused-ring (bicyclic) bond motifs is 1. The van der Waals surface area contributed by atoms with E-state index in [1.807, 2.05) is 18.2 Å². The molecule has 0 saturated carbocycles. The smallest absolute Gasteiger partial charge is 0.204 e. The first-order valence-corrected chi connectivity index (χ1v) is 9.20. The molecule has 1 heterocycles. The third-order valence-corrected chi connectivity index (χ3v) is 5.88. The number of nitrogens with zero attached hydrogens (tertiary/aromatic N) is 4. The van der Waals surface area contributed by atoms with Gasteiger partial charge in [-0.1, -0.05) is 29.8 Å². The average molecular weight is 378 g/mol. The van der Waals surface area contributed by atoms with Gasteiger partial charge in [-0.05, 0) is 37.1 Å². The average Bonchev–Trinajstić information content (AvgIpc) is 2.68. The maximum absolute atomic E-state index is 9.87. The van der Waals surface area contributed by atoms with Crippen LogP contribution in [0.5, 0.6) is 0 Å². The van der Waals surface area contributed by atoms with E-state index in [1.165, 1.54) is 0 Å². The summed E-state index contributed by atoms with van der Waals surface area (Å²) in [6.45, 7) is 5.52. The van der Waals surface area contributed by atoms with Crippen LogP contribution in [0.15, 0.2) is 47.2 Å². The molecule has 1 aromatic rings. The number of nitriles is 3. The monoisotopic (exact) mass is 377 g/mol. The molecule has 0 spiro atoms. The van der Waals surface area contributed by atoms with Crippen LogP contribution in [-0.2, 0) is 0 Å². The topological polar surface area (TPSA) is 101 Å². The van der Waals surface area contributed by atoms with Gasteiger partial charge < -0.3 is 5.73 Å². The number of nitrogens with two attached hydrogens (primary N) is 1. The Bertz CT molecular complexity index is 923. The van der Waals surface area contributed by atoms with Crippen molar-refractivity contribution in [3.05, 3.63) is 57.8 Å². The predicted octanol–water partition coefficient (Wildman–Crippen LogP) is 3.47. The molecule has 3 rings (SSSR count). The summed E-state index contributed by atoms with van der Waals surface area (Å²) in [6, 6.07) is 14.0. The van der Waals surface area contributed by atoms with Crippen molar-refractivity contribution in [3.8, 4) is 18.2 Å². The van der Waals surface area contributed by atoms with E-state index in [-0.39, 0.29) is 17.5 Å². The van der Waals surface area contributed by atoms with Gasteiger partial charge in [-0.2, -0.15) is 15.8 Å². The normalized spacial score (nSPS) is 24.4. The van der Waals surface area contributed by atoms with Crippen LogP contribution in [0.1, 0.15) is 25.3 Å². The van der Waals surface area contributed by atoms with Gasteiger partial charge in [0.25, 0.3) is 0 Å². The van der Waals surface area contributed by atoms with Crippen molar-refractivity contribution in [3.63, 3.8) is 0 Å². The second-order valence-corrected chi connectivity index (χ2v) is 7.69. The SMILES string of the molecule is CC(C)N1CC=C2[C@@H](C1)[C@H](c1ccc(Cl)cc1)C(C#N)=C(N)C2(C#N)C#N. The molecule has 0 aromatic heterocycles. The molecule has 0 radical (unpaired) electrons. The molecule has 1 aromatic carbocycles. The summed E-state index contributed by atoms with van der Waals surface area (Å²) < 4.78 is 0. The lowest BCUT2D eigenvalue weighted by Crippen LogP contribution is -2.48. The fraction of sp³-hybridized carbons (Fsp3) is 0.381. The molecule has 2 N–H and O–H groups in total. The number of rotatable bonds is 2. The van der Waals surface area contributed by atoms with Gasteiger partial charge in [-0.15, -0.1) is 0 Å². The third-order valence-electron chi connectivity index (χ3n) is 5.63. The number of benzene rings is 1. The molecule has 136 valence electrons. The maximum Gasteiger partial charge on any atom is 0.204 e. The first-order valence-electron chi connectivity index (χ1n) is 8.82. The highest BCUT2D eigenvalue weighted by atomic mass is 35.5. The molecule has 1 aliphatic carbocycles. The summed E-state index contributed by atoms with van der Waals surface area (Å²) in [5.41, 5.74) is 6.67. The van der Waals surface area contributed by atoms with E-state index < -0.39 is 5.41 Å². The second kappa shape index (κ2) is 7.09. The van der Waals surface area contributed by atoms with E-state index in [4.69, 9.17) is 17.3 Å². The van der Waals surface area contributed by atoms with Gasteiger partial charge in [0.15, 0.2) is 0 Å². The van der Waals surface area contributed by atoms with Crippen LogP contribution in [0.2, 0.25) is 5.02 Å². The molecule has 27 heavy (non-hydrogen) atoms. The molecule has 1 aliphatic heterocycles. The quantitative estimate of drug-likeness (QED) is 0.795. The van der Waals surface area contributed by atoms with Crippen molar-refractivity contribution in [2.24, 2.45) is 17.1 Å².